The van der Waals surface area contributed by atoms with Crippen LogP contribution in [-0.2, 0) is 16.9 Å². The summed E-state index contributed by atoms with van der Waals surface area (Å²) >= 11 is 0. The van der Waals surface area contributed by atoms with Crippen molar-refractivity contribution in [3.8, 4) is 5.82 Å². The molecule has 11 heteroatoms. The van der Waals surface area contributed by atoms with Gasteiger partial charge in [-0.25, -0.2) is 19.3 Å². The van der Waals surface area contributed by atoms with Crippen molar-refractivity contribution in [2.45, 2.75) is 26.0 Å². The van der Waals surface area contributed by atoms with E-state index in [1.807, 2.05) is 24.3 Å². The second-order valence-corrected chi connectivity index (χ2v) is 10.2. The molecule has 1 aliphatic heterocycles. The summed E-state index contributed by atoms with van der Waals surface area (Å²) in [5.41, 5.74) is 2.25. The molecule has 5 aromatic rings. The summed E-state index contributed by atoms with van der Waals surface area (Å²) in [4.78, 5) is 34.0. The Bertz CT molecular complexity index is 1690. The standard InChI is InChI=1S/C29H30N8O3/c1-29(2,39)24-6-3-7-25(33-24)37-26-23(27(38)36(37)19-20-5-4-12-30-17-20)18-31-28(34-26)32-21-8-10-22(11-9-21)35-13-15-40-16-14-35/h3-12,17-18,39H,13-16,19H2,1-2H3,(H,31,32,34). The van der Waals surface area contributed by atoms with Crippen LogP contribution in [0.25, 0.3) is 16.9 Å². The molecule has 0 radical (unpaired) electrons. The molecule has 2 N–H and O–H groups in total. The third kappa shape index (κ3) is 5.16. The number of morpholine rings is 1. The predicted molar refractivity (Wildman–Crippen MR) is 152 cm³/mol. The van der Waals surface area contributed by atoms with Crippen LogP contribution in [0.5, 0.6) is 0 Å². The molecule has 1 saturated heterocycles. The largest absolute Gasteiger partial charge is 0.384 e. The molecule has 0 amide bonds. The SMILES string of the molecule is CC(C)(O)c1cccc(-n2c3nc(Nc4ccc(N5CCOCC5)cc4)ncc3c(=O)n2Cc2cccnc2)n1. The van der Waals surface area contributed by atoms with Gasteiger partial charge >= 0.3 is 0 Å². The minimum Gasteiger partial charge on any atom is -0.384 e. The highest BCUT2D eigenvalue weighted by Crippen LogP contribution is 2.24. The zero-order chi connectivity index (χ0) is 27.7. The lowest BCUT2D eigenvalue weighted by Crippen LogP contribution is -2.36. The number of anilines is 3. The molecule has 0 aliphatic carbocycles. The van der Waals surface area contributed by atoms with Crippen LogP contribution in [0, 0.1) is 0 Å². The minimum absolute atomic E-state index is 0.253. The van der Waals surface area contributed by atoms with Crippen LogP contribution >= 0.6 is 0 Å². The number of ether oxygens (including phenoxy) is 1. The van der Waals surface area contributed by atoms with Gasteiger partial charge in [-0.3, -0.25) is 9.78 Å². The zero-order valence-corrected chi connectivity index (χ0v) is 22.4. The monoisotopic (exact) mass is 538 g/mol. The molecule has 0 saturated carbocycles. The van der Waals surface area contributed by atoms with E-state index < -0.39 is 5.60 Å². The molecule has 4 aromatic heterocycles. The molecule has 6 rings (SSSR count). The average molecular weight is 539 g/mol. The Morgan fingerprint density at radius 2 is 1.80 bits per heavy atom. The Labute approximate surface area is 230 Å². The smallest absolute Gasteiger partial charge is 0.278 e. The van der Waals surface area contributed by atoms with Crippen molar-refractivity contribution < 1.29 is 9.84 Å². The van der Waals surface area contributed by atoms with Crippen LogP contribution in [0.3, 0.4) is 0 Å². The third-order valence-electron chi connectivity index (χ3n) is 6.81. The Hall–Kier alpha value is -4.61. The van der Waals surface area contributed by atoms with E-state index in [2.05, 4.69) is 32.3 Å². The topological polar surface area (TPSA) is 123 Å². The van der Waals surface area contributed by atoms with Crippen LogP contribution in [-0.4, -0.2) is 60.7 Å². The summed E-state index contributed by atoms with van der Waals surface area (Å²) in [6.45, 7) is 6.77. The number of benzene rings is 1. The lowest BCUT2D eigenvalue weighted by Gasteiger charge is -2.28. The molecule has 1 fully saturated rings. The van der Waals surface area contributed by atoms with Crippen LogP contribution in [0.15, 0.2) is 78.0 Å². The van der Waals surface area contributed by atoms with E-state index in [1.165, 1.54) is 6.20 Å². The summed E-state index contributed by atoms with van der Waals surface area (Å²) in [7, 11) is 0. The normalized spacial score (nSPS) is 14.0. The summed E-state index contributed by atoms with van der Waals surface area (Å²) in [5, 5.41) is 14.2. The molecule has 0 spiro atoms. The second-order valence-electron chi connectivity index (χ2n) is 10.2. The Kier molecular flexibility index (Phi) is 6.74. The maximum atomic E-state index is 13.6. The zero-order valence-electron chi connectivity index (χ0n) is 22.4. The number of nitrogens with one attached hydrogen (secondary N) is 1. The number of rotatable bonds is 7. The Balaban J connectivity index is 1.41. The number of fused-ring (bicyclic) bond motifs is 1. The van der Waals surface area contributed by atoms with Gasteiger partial charge in [0.1, 0.15) is 11.0 Å². The van der Waals surface area contributed by atoms with Gasteiger partial charge in [0, 0.05) is 43.1 Å². The number of nitrogens with zero attached hydrogens (tertiary/aromatic N) is 7. The molecule has 0 bridgehead atoms. The van der Waals surface area contributed by atoms with Crippen LogP contribution in [0.1, 0.15) is 25.1 Å². The number of aromatic nitrogens is 6. The second kappa shape index (κ2) is 10.5. The maximum Gasteiger partial charge on any atom is 0.278 e. The van der Waals surface area contributed by atoms with Gasteiger partial charge in [0.25, 0.3) is 5.56 Å². The van der Waals surface area contributed by atoms with Crippen molar-refractivity contribution in [3.05, 3.63) is 94.8 Å². The number of hydrogen-bond acceptors (Lipinski definition) is 9. The summed E-state index contributed by atoms with van der Waals surface area (Å²) in [6, 6.07) is 17.1. The van der Waals surface area contributed by atoms with Gasteiger partial charge in [0.15, 0.2) is 11.5 Å². The fraction of sp³-hybridized carbons (Fsp3) is 0.276. The highest BCUT2D eigenvalue weighted by Gasteiger charge is 2.22. The molecular weight excluding hydrogens is 508 g/mol. The molecule has 1 aromatic carbocycles. The highest BCUT2D eigenvalue weighted by atomic mass is 16.5. The Morgan fingerprint density at radius 3 is 2.52 bits per heavy atom. The van der Waals surface area contributed by atoms with E-state index >= 15 is 0 Å². The first-order valence-electron chi connectivity index (χ1n) is 13.1. The van der Waals surface area contributed by atoms with E-state index in [-0.39, 0.29) is 12.1 Å². The molecule has 204 valence electrons. The van der Waals surface area contributed by atoms with Crippen molar-refractivity contribution in [1.29, 1.82) is 0 Å². The maximum absolute atomic E-state index is 13.6. The number of aliphatic hydroxyl groups is 1. The van der Waals surface area contributed by atoms with Crippen LogP contribution < -0.4 is 15.8 Å². The van der Waals surface area contributed by atoms with E-state index in [0.29, 0.717) is 28.5 Å². The molecule has 11 nitrogen and oxygen atoms in total. The number of hydrogen-bond donors (Lipinski definition) is 2. The van der Waals surface area contributed by atoms with Crippen molar-refractivity contribution in [1.82, 2.24) is 29.3 Å². The van der Waals surface area contributed by atoms with Crippen LogP contribution in [0.2, 0.25) is 0 Å². The van der Waals surface area contributed by atoms with E-state index in [1.54, 1.807) is 53.8 Å². The molecule has 0 atom stereocenters. The van der Waals surface area contributed by atoms with Gasteiger partial charge in [-0.05, 0) is 61.9 Å². The van der Waals surface area contributed by atoms with E-state index in [9.17, 15) is 9.90 Å². The molecular formula is C29H30N8O3. The number of pyridine rings is 2. The lowest BCUT2D eigenvalue weighted by molar-refractivity contribution is 0.0738. The minimum atomic E-state index is -1.16. The van der Waals surface area contributed by atoms with Gasteiger partial charge in [-0.2, -0.15) is 4.98 Å². The molecule has 0 unspecified atom stereocenters. The predicted octanol–water partition coefficient (Wildman–Crippen LogP) is 3.23. The van der Waals surface area contributed by atoms with Crippen molar-refractivity contribution in [3.63, 3.8) is 0 Å². The first-order chi connectivity index (χ1) is 19.4. The first kappa shape index (κ1) is 25.7. The lowest BCUT2D eigenvalue weighted by atomic mass is 10.1. The van der Waals surface area contributed by atoms with Gasteiger partial charge in [0.2, 0.25) is 5.95 Å². The van der Waals surface area contributed by atoms with Crippen molar-refractivity contribution in [2.24, 2.45) is 0 Å². The molecule has 5 heterocycles. The molecule has 1 aliphatic rings. The first-order valence-corrected chi connectivity index (χ1v) is 13.1. The van der Waals surface area contributed by atoms with Gasteiger partial charge in [-0.1, -0.05) is 12.1 Å². The highest BCUT2D eigenvalue weighted by molar-refractivity contribution is 5.77. The Morgan fingerprint density at radius 1 is 1.00 bits per heavy atom. The van der Waals surface area contributed by atoms with Crippen LogP contribution in [0.4, 0.5) is 17.3 Å². The summed E-state index contributed by atoms with van der Waals surface area (Å²) in [5.74, 6) is 0.799. The fourth-order valence-electron chi connectivity index (χ4n) is 4.72. The van der Waals surface area contributed by atoms with Gasteiger partial charge in [-0.15, -0.1) is 0 Å². The summed E-state index contributed by atoms with van der Waals surface area (Å²) in [6.07, 6.45) is 4.94. The molecule has 40 heavy (non-hydrogen) atoms. The van der Waals surface area contributed by atoms with Crippen molar-refractivity contribution >= 4 is 28.4 Å². The van der Waals surface area contributed by atoms with E-state index in [4.69, 9.17) is 14.7 Å². The van der Waals surface area contributed by atoms with Gasteiger partial charge in [0.05, 0.1) is 25.5 Å². The van der Waals surface area contributed by atoms with Crippen molar-refractivity contribution in [2.75, 3.05) is 36.5 Å². The van der Waals surface area contributed by atoms with E-state index in [0.717, 1.165) is 43.2 Å². The quantitative estimate of drug-likeness (QED) is 0.321. The third-order valence-corrected chi connectivity index (χ3v) is 6.81. The van der Waals surface area contributed by atoms with Gasteiger partial charge < -0.3 is 20.1 Å². The fourth-order valence-corrected chi connectivity index (χ4v) is 4.72. The summed E-state index contributed by atoms with van der Waals surface area (Å²) < 4.78 is 8.69. The average Bonchev–Trinajstić information content (AvgIpc) is 3.24.